The summed E-state index contributed by atoms with van der Waals surface area (Å²) in [5, 5.41) is 14.2. The highest BCUT2D eigenvalue weighted by atomic mass is 32.2. The molecule has 1 N–H and O–H groups in total. The van der Waals surface area contributed by atoms with Gasteiger partial charge in [-0.1, -0.05) is 24.3 Å². The molecule has 0 saturated carbocycles. The second-order valence-electron chi connectivity index (χ2n) is 9.30. The van der Waals surface area contributed by atoms with Crippen LogP contribution in [0.2, 0.25) is 0 Å². The molecule has 0 bridgehead atoms. The lowest BCUT2D eigenvalue weighted by atomic mass is 9.92. The van der Waals surface area contributed by atoms with Crippen LogP contribution in [0.15, 0.2) is 65.0 Å². The maximum absolute atomic E-state index is 15.3. The number of halogens is 2. The molecule has 10 nitrogen and oxygen atoms in total. The number of aliphatic hydroxyl groups is 1. The molecule has 2 fully saturated rings. The first-order valence-corrected chi connectivity index (χ1v) is 13.5. The molecule has 40 heavy (non-hydrogen) atoms. The van der Waals surface area contributed by atoms with Crippen molar-refractivity contribution in [1.82, 2.24) is 14.9 Å². The number of fused-ring (bicyclic) bond motifs is 4. The van der Waals surface area contributed by atoms with Crippen molar-refractivity contribution in [3.05, 3.63) is 88.5 Å². The summed E-state index contributed by atoms with van der Waals surface area (Å²) in [7, 11) is 1.14. The van der Waals surface area contributed by atoms with Crippen LogP contribution < -0.4 is 0 Å². The Kier molecular flexibility index (Phi) is 7.13. The molecule has 1 unspecified atom stereocenters. The molecule has 210 valence electrons. The number of morpholine rings is 1. The zero-order valence-corrected chi connectivity index (χ0v) is 22.1. The number of aliphatic hydroxyl groups excluding tert-OH is 1. The van der Waals surface area contributed by atoms with E-state index in [2.05, 4.69) is 4.74 Å². The number of ether oxygens (including phenoxy) is 4. The summed E-state index contributed by atoms with van der Waals surface area (Å²) >= 11 is 1.40. The highest BCUT2D eigenvalue weighted by molar-refractivity contribution is 7.98. The van der Waals surface area contributed by atoms with Gasteiger partial charge in [-0.2, -0.15) is 5.01 Å². The number of amides is 1. The first-order chi connectivity index (χ1) is 19.4. The van der Waals surface area contributed by atoms with Gasteiger partial charge in [0.1, 0.15) is 12.3 Å². The largest absolute Gasteiger partial charge is 0.510 e. The van der Waals surface area contributed by atoms with Gasteiger partial charge in [0.2, 0.25) is 6.79 Å². The fourth-order valence-electron chi connectivity index (χ4n) is 5.40. The van der Waals surface area contributed by atoms with E-state index in [-0.39, 0.29) is 42.5 Å². The predicted octanol–water partition coefficient (Wildman–Crippen LogP) is 3.23. The molecule has 1 amide bonds. The van der Waals surface area contributed by atoms with Gasteiger partial charge in [0, 0.05) is 29.0 Å². The van der Waals surface area contributed by atoms with Gasteiger partial charge < -0.3 is 29.0 Å². The molecule has 4 heterocycles. The zero-order chi connectivity index (χ0) is 28.0. The second kappa shape index (κ2) is 10.7. The molecule has 0 radical (unpaired) electrons. The fraction of sp³-hybridized carbons (Fsp3) is 0.333. The highest BCUT2D eigenvalue weighted by Gasteiger charge is 2.50. The van der Waals surface area contributed by atoms with Crippen LogP contribution in [0.1, 0.15) is 22.7 Å². The monoisotopic (exact) mass is 573 g/mol. The van der Waals surface area contributed by atoms with E-state index in [0.717, 1.165) is 23.6 Å². The van der Waals surface area contributed by atoms with Crippen molar-refractivity contribution in [1.29, 1.82) is 0 Å². The van der Waals surface area contributed by atoms with Crippen molar-refractivity contribution in [2.75, 3.05) is 33.7 Å². The smallest absolute Gasteiger partial charge is 0.456 e. The number of rotatable bonds is 4. The number of hydrazine groups is 1. The van der Waals surface area contributed by atoms with E-state index in [9.17, 15) is 19.1 Å². The highest BCUT2D eigenvalue weighted by Crippen LogP contribution is 2.47. The molecule has 13 heteroatoms. The van der Waals surface area contributed by atoms with E-state index in [1.807, 2.05) is 29.3 Å². The Hall–Kier alpha value is -3.65. The molecule has 0 aliphatic carbocycles. The van der Waals surface area contributed by atoms with E-state index >= 15 is 4.39 Å². The Labute approximate surface area is 232 Å². The Morgan fingerprint density at radius 1 is 1.20 bits per heavy atom. The summed E-state index contributed by atoms with van der Waals surface area (Å²) in [5.74, 6) is -2.21. The summed E-state index contributed by atoms with van der Waals surface area (Å²) < 4.78 is 50.4. The lowest BCUT2D eigenvalue weighted by molar-refractivity contribution is -0.191. The summed E-state index contributed by atoms with van der Waals surface area (Å²) in [4.78, 5) is 27.8. The van der Waals surface area contributed by atoms with Crippen molar-refractivity contribution >= 4 is 23.8 Å². The summed E-state index contributed by atoms with van der Waals surface area (Å²) in [6.45, 7) is 0.0758. The van der Waals surface area contributed by atoms with Gasteiger partial charge in [0.05, 0.1) is 26.4 Å². The van der Waals surface area contributed by atoms with E-state index < -0.39 is 48.8 Å². The van der Waals surface area contributed by atoms with Crippen LogP contribution in [0, 0.1) is 11.6 Å². The molecule has 2 aromatic carbocycles. The Morgan fingerprint density at radius 3 is 2.85 bits per heavy atom. The van der Waals surface area contributed by atoms with Crippen LogP contribution in [-0.4, -0.2) is 78.0 Å². The Morgan fingerprint density at radius 2 is 2.02 bits per heavy atom. The van der Waals surface area contributed by atoms with Gasteiger partial charge in [-0.05, 0) is 29.3 Å². The first kappa shape index (κ1) is 26.6. The summed E-state index contributed by atoms with van der Waals surface area (Å²) in [6, 6.07) is 9.58. The topological polar surface area (TPSA) is 101 Å². The minimum Gasteiger partial charge on any atom is -0.456 e. The normalized spacial score (nSPS) is 24.0. The third kappa shape index (κ3) is 4.38. The molecular weight excluding hydrogens is 548 g/mol. The number of methoxy groups -OCH3 is 1. The van der Waals surface area contributed by atoms with Crippen LogP contribution in [0.4, 0.5) is 13.6 Å². The molecule has 2 saturated heterocycles. The van der Waals surface area contributed by atoms with E-state index in [1.165, 1.54) is 24.0 Å². The van der Waals surface area contributed by atoms with Crippen molar-refractivity contribution < 1.29 is 42.4 Å². The molecule has 3 atom stereocenters. The summed E-state index contributed by atoms with van der Waals surface area (Å²) in [5.41, 5.74) is 1.58. The number of carbonyl (C=O) groups is 2. The fourth-order valence-corrected chi connectivity index (χ4v) is 6.52. The molecule has 0 spiro atoms. The number of nitrogens with zero attached hydrogens (tertiary/aromatic N) is 3. The van der Waals surface area contributed by atoms with Crippen molar-refractivity contribution in [3.63, 3.8) is 0 Å². The number of hydrogen-bond donors (Lipinski definition) is 1. The van der Waals surface area contributed by atoms with E-state index in [4.69, 9.17) is 14.2 Å². The van der Waals surface area contributed by atoms with Crippen molar-refractivity contribution in [2.45, 2.75) is 29.0 Å². The molecule has 0 aromatic heterocycles. The second-order valence-corrected chi connectivity index (χ2v) is 10.3. The third-order valence-electron chi connectivity index (χ3n) is 7.20. The van der Waals surface area contributed by atoms with Crippen LogP contribution in [0.3, 0.4) is 0 Å². The predicted molar refractivity (Wildman–Crippen MR) is 136 cm³/mol. The van der Waals surface area contributed by atoms with Crippen molar-refractivity contribution in [2.24, 2.45) is 0 Å². The SMILES string of the molecule is COC(=O)OCOC1=C2C(=O)N3CCOC[C@H]3N([C@@H]3c4ccccc4SCc4c3ccc(F)c4F)N2C=CC1O. The van der Waals surface area contributed by atoms with Gasteiger partial charge in [0.15, 0.2) is 23.1 Å². The number of hydrogen-bond acceptors (Lipinski definition) is 10. The maximum Gasteiger partial charge on any atom is 0.510 e. The summed E-state index contributed by atoms with van der Waals surface area (Å²) in [6.07, 6.45) is 0.0240. The van der Waals surface area contributed by atoms with Crippen LogP contribution in [-0.2, 0) is 29.5 Å². The van der Waals surface area contributed by atoms with Gasteiger partial charge in [-0.15, -0.1) is 11.8 Å². The maximum atomic E-state index is 15.3. The first-order valence-electron chi connectivity index (χ1n) is 12.5. The number of carbonyl (C=O) groups excluding carboxylic acids is 2. The quantitative estimate of drug-likeness (QED) is 0.434. The van der Waals surface area contributed by atoms with E-state index in [0.29, 0.717) is 5.56 Å². The van der Waals surface area contributed by atoms with Crippen molar-refractivity contribution in [3.8, 4) is 0 Å². The van der Waals surface area contributed by atoms with Crippen LogP contribution in [0.25, 0.3) is 0 Å². The lowest BCUT2D eigenvalue weighted by Gasteiger charge is -2.55. The molecule has 2 aromatic rings. The third-order valence-corrected chi connectivity index (χ3v) is 8.31. The standard InChI is InChI=1S/C27H25F2N3O7S/c1-36-27(35)39-14-38-25-19(33)8-9-31-24(25)26(34)30-10-11-37-12-21(30)32(31)23-15-6-7-18(28)22(29)17(15)13-40-20-5-3-2-4-16(20)23/h2-9,19,21,23,33H,10-14H2,1H3/t19?,21-,23+/m1/s1. The molecule has 6 rings (SSSR count). The van der Waals surface area contributed by atoms with Crippen LogP contribution in [0.5, 0.6) is 0 Å². The average Bonchev–Trinajstić information content (AvgIpc) is 3.13. The van der Waals surface area contributed by atoms with Crippen LogP contribution >= 0.6 is 11.8 Å². The zero-order valence-electron chi connectivity index (χ0n) is 21.3. The minimum atomic E-state index is -1.31. The van der Waals surface area contributed by atoms with Gasteiger partial charge in [0.25, 0.3) is 5.91 Å². The molecule has 4 aliphatic heterocycles. The number of benzene rings is 2. The number of thioether (sulfide) groups is 1. The van der Waals surface area contributed by atoms with Gasteiger partial charge in [-0.25, -0.2) is 13.6 Å². The minimum absolute atomic E-state index is 0.000121. The average molecular weight is 574 g/mol. The van der Waals surface area contributed by atoms with Gasteiger partial charge >= 0.3 is 6.16 Å². The Bertz CT molecular complexity index is 1420. The van der Waals surface area contributed by atoms with E-state index in [1.54, 1.807) is 16.0 Å². The lowest BCUT2D eigenvalue weighted by Crippen LogP contribution is -2.68. The Balaban J connectivity index is 1.53. The molecule has 4 aliphatic rings. The van der Waals surface area contributed by atoms with Gasteiger partial charge in [-0.3, -0.25) is 9.80 Å². The molecular formula is C27H25F2N3O7S.